The standard InChI is InChI=1S/C25H27N5OS/c1-16-8-10-20(11-9-16)14-26-23(31)15-32-25-28-24-27-18(3)22(19(4)30(24)29-25)13-21-7-5-6-17(2)12-21/h5-12H,13-15H2,1-4H3,(H,26,31). The van der Waals surface area contributed by atoms with Gasteiger partial charge in [0.15, 0.2) is 0 Å². The Kier molecular flexibility index (Phi) is 6.55. The molecule has 164 valence electrons. The van der Waals surface area contributed by atoms with E-state index in [4.69, 9.17) is 0 Å². The van der Waals surface area contributed by atoms with Crippen molar-refractivity contribution in [3.8, 4) is 0 Å². The summed E-state index contributed by atoms with van der Waals surface area (Å²) in [4.78, 5) is 21.4. The minimum atomic E-state index is -0.0459. The van der Waals surface area contributed by atoms with Gasteiger partial charge in [-0.2, -0.15) is 4.98 Å². The molecule has 0 radical (unpaired) electrons. The number of rotatable bonds is 7. The monoisotopic (exact) mass is 445 g/mol. The number of fused-ring (bicyclic) bond motifs is 1. The van der Waals surface area contributed by atoms with Crippen LogP contribution in [-0.4, -0.2) is 31.2 Å². The zero-order chi connectivity index (χ0) is 22.7. The molecule has 0 unspecified atom stereocenters. The van der Waals surface area contributed by atoms with Crippen LogP contribution in [0, 0.1) is 27.7 Å². The Morgan fingerprint density at radius 2 is 1.75 bits per heavy atom. The van der Waals surface area contributed by atoms with Crippen molar-refractivity contribution in [2.24, 2.45) is 0 Å². The largest absolute Gasteiger partial charge is 0.351 e. The minimum Gasteiger partial charge on any atom is -0.351 e. The summed E-state index contributed by atoms with van der Waals surface area (Å²) >= 11 is 1.32. The van der Waals surface area contributed by atoms with E-state index in [0.29, 0.717) is 17.5 Å². The van der Waals surface area contributed by atoms with Gasteiger partial charge in [0.1, 0.15) is 0 Å². The Morgan fingerprint density at radius 3 is 2.50 bits per heavy atom. The summed E-state index contributed by atoms with van der Waals surface area (Å²) in [6.45, 7) is 8.72. The first-order valence-corrected chi connectivity index (χ1v) is 11.6. The van der Waals surface area contributed by atoms with E-state index >= 15 is 0 Å². The molecule has 0 spiro atoms. The van der Waals surface area contributed by atoms with Gasteiger partial charge in [-0.05, 0) is 44.4 Å². The first-order valence-electron chi connectivity index (χ1n) is 10.6. The highest BCUT2D eigenvalue weighted by Crippen LogP contribution is 2.21. The molecule has 0 saturated heterocycles. The van der Waals surface area contributed by atoms with E-state index in [-0.39, 0.29) is 11.7 Å². The van der Waals surface area contributed by atoms with Crippen LogP contribution in [0.1, 0.15) is 39.2 Å². The van der Waals surface area contributed by atoms with Crippen molar-refractivity contribution >= 4 is 23.4 Å². The lowest BCUT2D eigenvalue weighted by atomic mass is 10.0. The second-order valence-corrected chi connectivity index (χ2v) is 9.03. The van der Waals surface area contributed by atoms with Crippen LogP contribution in [0.5, 0.6) is 0 Å². The molecular weight excluding hydrogens is 418 g/mol. The lowest BCUT2D eigenvalue weighted by Crippen LogP contribution is -2.24. The van der Waals surface area contributed by atoms with E-state index in [2.05, 4.69) is 51.6 Å². The number of nitrogens with one attached hydrogen (secondary N) is 1. The van der Waals surface area contributed by atoms with Gasteiger partial charge < -0.3 is 5.32 Å². The molecule has 6 nitrogen and oxygen atoms in total. The highest BCUT2D eigenvalue weighted by molar-refractivity contribution is 7.99. The molecule has 0 bridgehead atoms. The molecule has 4 aromatic rings. The maximum atomic E-state index is 12.3. The Morgan fingerprint density at radius 1 is 0.969 bits per heavy atom. The topological polar surface area (TPSA) is 72.2 Å². The average molecular weight is 446 g/mol. The van der Waals surface area contributed by atoms with E-state index in [0.717, 1.165) is 28.9 Å². The van der Waals surface area contributed by atoms with E-state index < -0.39 is 0 Å². The van der Waals surface area contributed by atoms with Gasteiger partial charge in [0.2, 0.25) is 11.1 Å². The fraction of sp³-hybridized carbons (Fsp3) is 0.280. The zero-order valence-corrected chi connectivity index (χ0v) is 19.7. The molecule has 0 aliphatic heterocycles. The molecule has 2 heterocycles. The van der Waals surface area contributed by atoms with Crippen molar-refractivity contribution in [2.45, 2.75) is 45.8 Å². The number of hydrogen-bond donors (Lipinski definition) is 1. The number of thioether (sulfide) groups is 1. The van der Waals surface area contributed by atoms with Gasteiger partial charge in [-0.1, -0.05) is 71.4 Å². The number of carbonyl (C=O) groups is 1. The van der Waals surface area contributed by atoms with Gasteiger partial charge in [-0.15, -0.1) is 5.10 Å². The highest BCUT2D eigenvalue weighted by Gasteiger charge is 2.15. The molecule has 7 heteroatoms. The second kappa shape index (κ2) is 9.53. The molecule has 0 atom stereocenters. The Bertz CT molecular complexity index is 1260. The SMILES string of the molecule is Cc1ccc(CNC(=O)CSc2nc3nc(C)c(Cc4cccc(C)c4)c(C)n3n2)cc1. The summed E-state index contributed by atoms with van der Waals surface area (Å²) in [6, 6.07) is 16.6. The summed E-state index contributed by atoms with van der Waals surface area (Å²) in [5.41, 5.74) is 7.91. The Balaban J connectivity index is 1.43. The number of aryl methyl sites for hydroxylation is 4. The van der Waals surface area contributed by atoms with Gasteiger partial charge in [-0.25, -0.2) is 9.50 Å². The normalized spacial score (nSPS) is 11.1. The van der Waals surface area contributed by atoms with Crippen LogP contribution >= 0.6 is 11.8 Å². The van der Waals surface area contributed by atoms with E-state index in [1.54, 1.807) is 4.52 Å². The number of aromatic nitrogens is 4. The Labute approximate surface area is 192 Å². The van der Waals surface area contributed by atoms with Crippen LogP contribution in [0.2, 0.25) is 0 Å². The summed E-state index contributed by atoms with van der Waals surface area (Å²) < 4.78 is 1.78. The van der Waals surface area contributed by atoms with E-state index in [1.165, 1.54) is 28.5 Å². The van der Waals surface area contributed by atoms with Gasteiger partial charge in [0.05, 0.1) is 5.75 Å². The third-order valence-electron chi connectivity index (χ3n) is 5.44. The maximum Gasteiger partial charge on any atom is 0.253 e. The smallest absolute Gasteiger partial charge is 0.253 e. The molecular formula is C25H27N5OS. The molecule has 2 aromatic heterocycles. The number of amides is 1. The van der Waals surface area contributed by atoms with Crippen LogP contribution in [0.15, 0.2) is 53.7 Å². The Hall–Kier alpha value is -3.19. The summed E-state index contributed by atoms with van der Waals surface area (Å²) in [6.07, 6.45) is 0.798. The first kappa shape index (κ1) is 22.0. The van der Waals surface area contributed by atoms with Crippen molar-refractivity contribution in [1.82, 2.24) is 24.9 Å². The fourth-order valence-electron chi connectivity index (χ4n) is 3.62. The lowest BCUT2D eigenvalue weighted by Gasteiger charge is -2.10. The number of carbonyl (C=O) groups excluding carboxylic acids is 1. The van der Waals surface area contributed by atoms with Gasteiger partial charge in [-0.3, -0.25) is 4.79 Å². The zero-order valence-electron chi connectivity index (χ0n) is 18.8. The van der Waals surface area contributed by atoms with Gasteiger partial charge >= 0.3 is 0 Å². The molecule has 4 rings (SSSR count). The summed E-state index contributed by atoms with van der Waals surface area (Å²) in [7, 11) is 0. The first-order chi connectivity index (χ1) is 15.4. The number of nitrogens with zero attached hydrogens (tertiary/aromatic N) is 4. The quantitative estimate of drug-likeness (QED) is 0.428. The van der Waals surface area contributed by atoms with Crippen molar-refractivity contribution in [3.63, 3.8) is 0 Å². The van der Waals surface area contributed by atoms with Gasteiger partial charge in [0.25, 0.3) is 5.78 Å². The van der Waals surface area contributed by atoms with E-state index in [9.17, 15) is 4.79 Å². The van der Waals surface area contributed by atoms with Crippen LogP contribution < -0.4 is 5.32 Å². The molecule has 0 saturated carbocycles. The molecule has 32 heavy (non-hydrogen) atoms. The van der Waals surface area contributed by atoms with Gasteiger partial charge in [0, 0.05) is 24.4 Å². The highest BCUT2D eigenvalue weighted by atomic mass is 32.2. The predicted octanol–water partition coefficient (Wildman–Crippen LogP) is 4.36. The van der Waals surface area contributed by atoms with E-state index in [1.807, 2.05) is 45.0 Å². The number of benzene rings is 2. The minimum absolute atomic E-state index is 0.0459. The van der Waals surface area contributed by atoms with Crippen LogP contribution in [0.25, 0.3) is 5.78 Å². The summed E-state index contributed by atoms with van der Waals surface area (Å²) in [5, 5.41) is 8.10. The molecule has 1 amide bonds. The molecule has 0 fully saturated rings. The molecule has 0 aliphatic rings. The molecule has 0 aliphatic carbocycles. The van der Waals surface area contributed by atoms with Crippen molar-refractivity contribution in [2.75, 3.05) is 5.75 Å². The lowest BCUT2D eigenvalue weighted by molar-refractivity contribution is -0.118. The number of hydrogen-bond acceptors (Lipinski definition) is 5. The molecule has 2 aromatic carbocycles. The predicted molar refractivity (Wildman–Crippen MR) is 128 cm³/mol. The third-order valence-corrected chi connectivity index (χ3v) is 6.27. The summed E-state index contributed by atoms with van der Waals surface area (Å²) in [5.74, 6) is 0.780. The third kappa shape index (κ3) is 5.16. The second-order valence-electron chi connectivity index (χ2n) is 8.08. The maximum absolute atomic E-state index is 12.3. The molecule has 1 N–H and O–H groups in total. The fourth-order valence-corrected chi connectivity index (χ4v) is 4.27. The van der Waals surface area contributed by atoms with Crippen LogP contribution in [0.3, 0.4) is 0 Å². The van der Waals surface area contributed by atoms with Crippen LogP contribution in [-0.2, 0) is 17.8 Å². The van der Waals surface area contributed by atoms with Crippen molar-refractivity contribution in [1.29, 1.82) is 0 Å². The van der Waals surface area contributed by atoms with Crippen LogP contribution in [0.4, 0.5) is 0 Å². The average Bonchev–Trinajstić information content (AvgIpc) is 3.18. The van der Waals surface area contributed by atoms with Crippen molar-refractivity contribution in [3.05, 3.63) is 87.7 Å². The van der Waals surface area contributed by atoms with Crippen molar-refractivity contribution < 1.29 is 4.79 Å².